The number of aromatic nitrogens is 1. The largest absolute Gasteiger partial charge is 0.408 e. The molecule has 9 heteroatoms. The summed E-state index contributed by atoms with van der Waals surface area (Å²) in [5.74, 6) is 0. The molecule has 1 heterocycles. The fourth-order valence-electron chi connectivity index (χ4n) is 2.30. The van der Waals surface area contributed by atoms with Gasteiger partial charge in [0.15, 0.2) is 0 Å². The number of hydrogen-bond donors (Lipinski definition) is 2. The van der Waals surface area contributed by atoms with Crippen molar-refractivity contribution in [2.45, 2.75) is 12.8 Å². The van der Waals surface area contributed by atoms with Crippen LogP contribution in [0, 0.1) is 0 Å². The Labute approximate surface area is 162 Å². The van der Waals surface area contributed by atoms with Crippen molar-refractivity contribution in [2.75, 3.05) is 31.1 Å². The summed E-state index contributed by atoms with van der Waals surface area (Å²) < 4.78 is 1.94. The molecule has 1 aromatic carbocycles. The molecule has 0 saturated heterocycles. The molecule has 0 aliphatic heterocycles. The molecule has 0 aliphatic carbocycles. The lowest BCUT2D eigenvalue weighted by molar-refractivity contribution is -0.654. The Kier molecular flexibility index (Phi) is 9.14. The van der Waals surface area contributed by atoms with Crippen molar-refractivity contribution in [3.8, 4) is 0 Å². The highest BCUT2D eigenvalue weighted by Gasteiger charge is 2.09. The zero-order chi connectivity index (χ0) is 17.9. The lowest BCUT2D eigenvalue weighted by Gasteiger charge is -2.24. The standard InChI is InChI=1S/C16H23Cl2N6S/c1-23-12-13-25-16(23)22-21-14-4-6-15(7-5-14)24(10-2-8-19-17)11-3-9-20-18/h4-7,12-13,19-20H,2-3,8-11H2,1H3/q+1. The number of benzene rings is 1. The second-order valence-electron chi connectivity index (χ2n) is 5.47. The van der Waals surface area contributed by atoms with Crippen LogP contribution in [-0.4, -0.2) is 26.2 Å². The smallest absolute Gasteiger partial charge is 0.371 e. The van der Waals surface area contributed by atoms with Crippen LogP contribution >= 0.6 is 34.9 Å². The molecule has 0 unspecified atom stereocenters. The number of anilines is 1. The highest BCUT2D eigenvalue weighted by Crippen LogP contribution is 2.23. The van der Waals surface area contributed by atoms with Gasteiger partial charge in [-0.25, -0.2) is 14.2 Å². The quantitative estimate of drug-likeness (QED) is 0.258. The lowest BCUT2D eigenvalue weighted by Crippen LogP contribution is -2.28. The lowest BCUT2D eigenvalue weighted by atomic mass is 10.2. The summed E-state index contributed by atoms with van der Waals surface area (Å²) in [7, 11) is 1.96. The van der Waals surface area contributed by atoms with Crippen molar-refractivity contribution < 1.29 is 4.57 Å². The summed E-state index contributed by atoms with van der Waals surface area (Å²) in [5, 5.41) is 11.4. The maximum absolute atomic E-state index is 5.55. The monoisotopic (exact) mass is 401 g/mol. The fourth-order valence-corrected chi connectivity index (χ4v) is 3.25. The number of aryl methyl sites for hydroxylation is 1. The van der Waals surface area contributed by atoms with Gasteiger partial charge in [-0.05, 0) is 77.1 Å². The van der Waals surface area contributed by atoms with Gasteiger partial charge in [-0.2, -0.15) is 0 Å². The summed E-state index contributed by atoms with van der Waals surface area (Å²) in [6.07, 6.45) is 3.90. The molecule has 0 saturated carbocycles. The van der Waals surface area contributed by atoms with Gasteiger partial charge < -0.3 is 4.90 Å². The third kappa shape index (κ3) is 6.87. The van der Waals surface area contributed by atoms with Crippen LogP contribution in [0.15, 0.2) is 46.1 Å². The molecule has 0 radical (unpaired) electrons. The average molecular weight is 402 g/mol. The first-order valence-corrected chi connectivity index (χ1v) is 9.75. The normalized spacial score (nSPS) is 11.3. The first-order chi connectivity index (χ1) is 12.2. The summed E-state index contributed by atoms with van der Waals surface area (Å²) in [5.41, 5.74) is 1.99. The number of nitrogens with zero attached hydrogens (tertiary/aromatic N) is 4. The van der Waals surface area contributed by atoms with E-state index in [1.54, 1.807) is 11.3 Å². The van der Waals surface area contributed by atoms with Crippen molar-refractivity contribution in [2.24, 2.45) is 17.3 Å². The molecular weight excluding hydrogens is 379 g/mol. The van der Waals surface area contributed by atoms with Crippen LogP contribution in [0.4, 0.5) is 16.5 Å². The van der Waals surface area contributed by atoms with Crippen molar-refractivity contribution in [3.05, 3.63) is 35.8 Å². The molecule has 136 valence electrons. The maximum atomic E-state index is 5.55. The number of hydrogen-bond acceptors (Lipinski definition) is 6. The highest BCUT2D eigenvalue weighted by atomic mass is 35.5. The number of halogens is 2. The summed E-state index contributed by atoms with van der Waals surface area (Å²) in [4.78, 5) is 7.66. The predicted molar refractivity (Wildman–Crippen MR) is 105 cm³/mol. The van der Waals surface area contributed by atoms with Crippen molar-refractivity contribution in [3.63, 3.8) is 0 Å². The second kappa shape index (κ2) is 11.4. The van der Waals surface area contributed by atoms with E-state index in [1.165, 1.54) is 0 Å². The van der Waals surface area contributed by atoms with Crippen molar-refractivity contribution in [1.82, 2.24) is 9.67 Å². The van der Waals surface area contributed by atoms with Gasteiger partial charge in [0.25, 0.3) is 0 Å². The Morgan fingerprint density at radius 1 is 1.04 bits per heavy atom. The van der Waals surface area contributed by atoms with Crippen LogP contribution in [-0.2, 0) is 7.05 Å². The van der Waals surface area contributed by atoms with E-state index in [0.717, 1.165) is 55.5 Å². The molecule has 2 aromatic rings. The molecular formula is C16H23Cl2N6S+. The molecule has 2 N–H and O–H groups in total. The van der Waals surface area contributed by atoms with E-state index >= 15 is 0 Å². The van der Waals surface area contributed by atoms with Gasteiger partial charge >= 0.3 is 5.13 Å². The number of azo groups is 1. The molecule has 6 nitrogen and oxygen atoms in total. The summed E-state index contributed by atoms with van der Waals surface area (Å²) in [6.45, 7) is 3.40. The van der Waals surface area contributed by atoms with Crippen molar-refractivity contribution in [1.29, 1.82) is 0 Å². The Balaban J connectivity index is 2.00. The molecule has 0 amide bonds. The zero-order valence-corrected chi connectivity index (χ0v) is 16.5. The molecule has 0 fully saturated rings. The Morgan fingerprint density at radius 2 is 1.68 bits per heavy atom. The third-order valence-electron chi connectivity index (χ3n) is 3.62. The van der Waals surface area contributed by atoms with E-state index in [1.807, 2.05) is 35.3 Å². The Bertz CT molecular complexity index is 636. The van der Waals surface area contributed by atoms with E-state index in [4.69, 9.17) is 23.6 Å². The predicted octanol–water partition coefficient (Wildman–Crippen LogP) is 4.06. The first kappa shape index (κ1) is 20.1. The van der Waals surface area contributed by atoms with Crippen LogP contribution in [0.3, 0.4) is 0 Å². The highest BCUT2D eigenvalue weighted by molar-refractivity contribution is 7.12. The van der Waals surface area contributed by atoms with E-state index in [9.17, 15) is 0 Å². The van der Waals surface area contributed by atoms with Gasteiger partial charge in [-0.1, -0.05) is 0 Å². The summed E-state index contributed by atoms with van der Waals surface area (Å²) in [6, 6.07) is 8.12. The minimum absolute atomic E-state index is 0.774. The Morgan fingerprint density at radius 3 is 2.20 bits per heavy atom. The van der Waals surface area contributed by atoms with Crippen molar-refractivity contribution >= 4 is 51.4 Å². The van der Waals surface area contributed by atoms with E-state index in [0.29, 0.717) is 0 Å². The first-order valence-electron chi connectivity index (χ1n) is 8.11. The minimum atomic E-state index is 0.774. The van der Waals surface area contributed by atoms with Gasteiger partial charge in [-0.3, -0.25) is 0 Å². The molecule has 25 heavy (non-hydrogen) atoms. The topological polar surface area (TPSA) is 55.9 Å². The molecule has 2 rings (SSSR count). The molecule has 0 bridgehead atoms. The van der Waals surface area contributed by atoms with Crippen LogP contribution in [0.25, 0.3) is 0 Å². The second-order valence-corrected chi connectivity index (χ2v) is 6.88. The molecule has 0 atom stereocenters. The number of rotatable bonds is 11. The maximum Gasteiger partial charge on any atom is 0.408 e. The number of nitrogens with one attached hydrogen (secondary N) is 2. The number of thiazole rings is 1. The molecule has 0 spiro atoms. The fraction of sp³-hybridized carbons (Fsp3) is 0.438. The molecule has 1 aromatic heterocycles. The van der Waals surface area contributed by atoms with E-state index < -0.39 is 0 Å². The van der Waals surface area contributed by atoms with E-state index in [-0.39, 0.29) is 0 Å². The molecule has 0 aliphatic rings. The summed E-state index contributed by atoms with van der Waals surface area (Å²) >= 11 is 12.7. The van der Waals surface area contributed by atoms with Crippen LogP contribution < -0.4 is 19.1 Å². The van der Waals surface area contributed by atoms with Crippen LogP contribution in [0.2, 0.25) is 0 Å². The van der Waals surface area contributed by atoms with Gasteiger partial charge in [0.1, 0.15) is 11.9 Å². The van der Waals surface area contributed by atoms with Gasteiger partial charge in [0.05, 0.1) is 12.2 Å². The SMILES string of the molecule is C[n+]1ccsc1N=Nc1ccc(N(CCCNCl)CCCNCl)cc1. The Hall–Kier alpha value is -1.25. The third-order valence-corrected chi connectivity index (χ3v) is 4.84. The van der Waals surface area contributed by atoms with Gasteiger partial charge in [0, 0.05) is 37.2 Å². The zero-order valence-electron chi connectivity index (χ0n) is 14.2. The average Bonchev–Trinajstić information content (AvgIpc) is 3.04. The minimum Gasteiger partial charge on any atom is -0.371 e. The van der Waals surface area contributed by atoms with Crippen LogP contribution in [0.5, 0.6) is 0 Å². The van der Waals surface area contributed by atoms with Crippen LogP contribution in [0.1, 0.15) is 12.8 Å². The van der Waals surface area contributed by atoms with E-state index in [2.05, 4.69) is 36.9 Å². The van der Waals surface area contributed by atoms with Gasteiger partial charge in [-0.15, -0.1) is 0 Å². The van der Waals surface area contributed by atoms with Gasteiger partial charge in [0.2, 0.25) is 0 Å².